The van der Waals surface area contributed by atoms with Gasteiger partial charge in [-0.05, 0) is 29.5 Å². The second-order valence-corrected chi connectivity index (χ2v) is 9.69. The van der Waals surface area contributed by atoms with Crippen LogP contribution in [0.25, 0.3) is 0 Å². The molecule has 33 heavy (non-hydrogen) atoms. The van der Waals surface area contributed by atoms with Crippen molar-refractivity contribution >= 4 is 5.97 Å². The first-order valence-electron chi connectivity index (χ1n) is 11.5. The molecule has 0 aromatic heterocycles. The Kier molecular flexibility index (Phi) is 10.1. The molecule has 0 aliphatic carbocycles. The smallest absolute Gasteiger partial charge is 0.338 e. The third-order valence-electron chi connectivity index (χ3n) is 6.74. The van der Waals surface area contributed by atoms with E-state index < -0.39 is 41.9 Å². The second kappa shape index (κ2) is 12.1. The maximum atomic E-state index is 12.9. The van der Waals surface area contributed by atoms with Gasteiger partial charge < -0.3 is 29.5 Å². The first-order valence-corrected chi connectivity index (χ1v) is 11.5. The minimum absolute atomic E-state index is 0.0370. The Balaban J connectivity index is 2.50. The van der Waals surface area contributed by atoms with E-state index in [1.165, 1.54) is 7.11 Å². The number of fused-ring (bicyclic) bond motifs is 2. The maximum absolute atomic E-state index is 12.9. The molecule has 7 heteroatoms. The summed E-state index contributed by atoms with van der Waals surface area (Å²) in [5.41, 5.74) is 2.03. The summed E-state index contributed by atoms with van der Waals surface area (Å²) in [7, 11) is 3.02. The molecular formula is C26H40O7. The molecule has 186 valence electrons. The number of hydrogen-bond acceptors (Lipinski definition) is 7. The van der Waals surface area contributed by atoms with Gasteiger partial charge in [-0.1, -0.05) is 51.1 Å². The van der Waals surface area contributed by atoms with Gasteiger partial charge in [0.05, 0.1) is 18.3 Å². The maximum Gasteiger partial charge on any atom is 0.338 e. The van der Waals surface area contributed by atoms with E-state index in [0.29, 0.717) is 19.3 Å². The Morgan fingerprint density at radius 1 is 1.24 bits per heavy atom. The SMILES string of the molecule is CO[C@@H]1C[C@@H](/C(C)=C\[C@@H](C)CO)OC(=O)[C@@H](O)[C@H](OC)Cc2cccc(c2)C(C)(C)[C@@H](O)C1. The van der Waals surface area contributed by atoms with Crippen LogP contribution < -0.4 is 0 Å². The van der Waals surface area contributed by atoms with Crippen molar-refractivity contribution in [2.45, 2.75) is 82.9 Å². The summed E-state index contributed by atoms with van der Waals surface area (Å²) in [6.45, 7) is 7.63. The van der Waals surface area contributed by atoms with E-state index in [4.69, 9.17) is 14.2 Å². The van der Waals surface area contributed by atoms with E-state index in [2.05, 4.69) is 0 Å². The highest BCUT2D eigenvalue weighted by molar-refractivity contribution is 5.75. The molecule has 0 radical (unpaired) electrons. The number of cyclic esters (lactones) is 1. The first-order chi connectivity index (χ1) is 15.5. The average Bonchev–Trinajstić information content (AvgIpc) is 2.80. The summed E-state index contributed by atoms with van der Waals surface area (Å²) in [5, 5.41) is 31.3. The van der Waals surface area contributed by atoms with Crippen molar-refractivity contribution in [3.05, 3.63) is 47.0 Å². The van der Waals surface area contributed by atoms with Crippen LogP contribution in [0.4, 0.5) is 0 Å². The van der Waals surface area contributed by atoms with Crippen LogP contribution in [0.3, 0.4) is 0 Å². The van der Waals surface area contributed by atoms with Gasteiger partial charge in [0.2, 0.25) is 0 Å². The van der Waals surface area contributed by atoms with Crippen molar-refractivity contribution < 1.29 is 34.3 Å². The van der Waals surface area contributed by atoms with Crippen LogP contribution in [0, 0.1) is 5.92 Å². The fraction of sp³-hybridized carbons (Fsp3) is 0.654. The number of aliphatic hydroxyl groups excluding tert-OH is 3. The minimum Gasteiger partial charge on any atom is -0.456 e. The van der Waals surface area contributed by atoms with Crippen LogP contribution in [0.5, 0.6) is 0 Å². The molecule has 2 rings (SSSR count). The third-order valence-corrected chi connectivity index (χ3v) is 6.74. The molecule has 0 saturated carbocycles. The number of esters is 1. The lowest BCUT2D eigenvalue weighted by atomic mass is 9.76. The van der Waals surface area contributed by atoms with Gasteiger partial charge in [0.15, 0.2) is 6.10 Å². The van der Waals surface area contributed by atoms with Crippen LogP contribution in [0.1, 0.15) is 51.7 Å². The molecule has 1 aliphatic heterocycles. The lowest BCUT2D eigenvalue weighted by molar-refractivity contribution is -0.166. The largest absolute Gasteiger partial charge is 0.456 e. The molecule has 2 bridgehead atoms. The number of hydrogen-bond donors (Lipinski definition) is 3. The van der Waals surface area contributed by atoms with E-state index >= 15 is 0 Å². The van der Waals surface area contributed by atoms with Gasteiger partial charge in [0, 0.05) is 45.5 Å². The van der Waals surface area contributed by atoms with Crippen LogP contribution in [-0.2, 0) is 30.8 Å². The normalized spacial score (nSPS) is 30.3. The molecule has 0 saturated heterocycles. The van der Waals surface area contributed by atoms with Crippen LogP contribution in [0.15, 0.2) is 35.9 Å². The van der Waals surface area contributed by atoms with Gasteiger partial charge >= 0.3 is 5.97 Å². The van der Waals surface area contributed by atoms with Crippen molar-refractivity contribution in [1.29, 1.82) is 0 Å². The molecular weight excluding hydrogens is 424 g/mol. The monoisotopic (exact) mass is 464 g/mol. The topological polar surface area (TPSA) is 105 Å². The zero-order chi connectivity index (χ0) is 24.8. The average molecular weight is 465 g/mol. The minimum atomic E-state index is -1.47. The Bertz CT molecular complexity index is 804. The van der Waals surface area contributed by atoms with Gasteiger partial charge in [0.1, 0.15) is 6.10 Å². The zero-order valence-corrected chi connectivity index (χ0v) is 20.7. The van der Waals surface area contributed by atoms with Crippen molar-refractivity contribution in [2.75, 3.05) is 20.8 Å². The summed E-state index contributed by atoms with van der Waals surface area (Å²) in [6.07, 6.45) is -1.23. The van der Waals surface area contributed by atoms with Gasteiger partial charge in [0.25, 0.3) is 0 Å². The first kappa shape index (κ1) is 27.5. The molecule has 6 atom stereocenters. The van der Waals surface area contributed by atoms with Crippen LogP contribution >= 0.6 is 0 Å². The molecule has 0 spiro atoms. The summed E-state index contributed by atoms with van der Waals surface area (Å²) < 4.78 is 16.9. The molecule has 1 heterocycles. The predicted octanol–water partition coefficient (Wildman–Crippen LogP) is 2.54. The number of aliphatic hydroxyl groups is 3. The number of methoxy groups -OCH3 is 2. The Hall–Kier alpha value is -1.77. The highest BCUT2D eigenvalue weighted by atomic mass is 16.6. The lowest BCUT2D eigenvalue weighted by Crippen LogP contribution is -2.42. The summed E-state index contributed by atoms with van der Waals surface area (Å²) in [4.78, 5) is 12.9. The van der Waals surface area contributed by atoms with Gasteiger partial charge in [-0.15, -0.1) is 0 Å². The number of carbonyl (C=O) groups excluding carboxylic acids is 1. The lowest BCUT2D eigenvalue weighted by Gasteiger charge is -2.35. The van der Waals surface area contributed by atoms with Gasteiger partial charge in [-0.3, -0.25) is 0 Å². The Labute approximate surface area is 197 Å². The van der Waals surface area contributed by atoms with Crippen molar-refractivity contribution in [2.24, 2.45) is 5.92 Å². The van der Waals surface area contributed by atoms with E-state index in [1.807, 2.05) is 58.0 Å². The number of benzene rings is 1. The standard InChI is InChI=1S/C26H40O7/c1-16(15-27)10-17(2)21-13-20(31-5)14-23(28)26(3,4)19-9-7-8-18(11-19)12-22(32-6)24(29)25(30)33-21/h7-11,16,20-24,27-29H,12-15H2,1-6H3/b17-10-/t16-,20-,21+,22-,23+,24+/m1/s1. The molecule has 0 unspecified atom stereocenters. The van der Waals surface area contributed by atoms with E-state index in [1.54, 1.807) is 7.11 Å². The molecule has 1 aromatic carbocycles. The quantitative estimate of drug-likeness (QED) is 0.454. The fourth-order valence-electron chi connectivity index (χ4n) is 4.22. The molecule has 1 aromatic rings. The van der Waals surface area contributed by atoms with Gasteiger partial charge in [-0.2, -0.15) is 0 Å². The highest BCUT2D eigenvalue weighted by Gasteiger charge is 2.36. The predicted molar refractivity (Wildman–Crippen MR) is 126 cm³/mol. The van der Waals surface area contributed by atoms with Gasteiger partial charge in [-0.25, -0.2) is 4.79 Å². The van der Waals surface area contributed by atoms with E-state index in [-0.39, 0.29) is 12.5 Å². The molecule has 1 aliphatic rings. The molecule has 7 nitrogen and oxygen atoms in total. The number of carbonyl (C=O) groups is 1. The van der Waals surface area contributed by atoms with Crippen molar-refractivity contribution in [1.82, 2.24) is 0 Å². The zero-order valence-electron chi connectivity index (χ0n) is 20.7. The van der Waals surface area contributed by atoms with Crippen molar-refractivity contribution in [3.63, 3.8) is 0 Å². The summed E-state index contributed by atoms with van der Waals surface area (Å²) >= 11 is 0. The van der Waals surface area contributed by atoms with Crippen LogP contribution in [-0.4, -0.2) is 72.6 Å². The third kappa shape index (κ3) is 7.11. The Morgan fingerprint density at radius 3 is 2.55 bits per heavy atom. The number of ether oxygens (including phenoxy) is 3. The summed E-state index contributed by atoms with van der Waals surface area (Å²) in [5.74, 6) is -0.899. The Morgan fingerprint density at radius 2 is 1.94 bits per heavy atom. The molecule has 0 fully saturated rings. The number of rotatable bonds is 5. The molecule has 3 N–H and O–H groups in total. The summed E-state index contributed by atoms with van der Waals surface area (Å²) in [6, 6.07) is 7.76. The van der Waals surface area contributed by atoms with E-state index in [9.17, 15) is 20.1 Å². The van der Waals surface area contributed by atoms with Crippen molar-refractivity contribution in [3.8, 4) is 0 Å². The second-order valence-electron chi connectivity index (χ2n) is 9.69. The van der Waals surface area contributed by atoms with Crippen LogP contribution in [0.2, 0.25) is 0 Å². The molecule has 0 amide bonds. The highest BCUT2D eigenvalue weighted by Crippen LogP contribution is 2.32. The van der Waals surface area contributed by atoms with E-state index in [0.717, 1.165) is 16.7 Å². The fourth-order valence-corrected chi connectivity index (χ4v) is 4.22.